The van der Waals surface area contributed by atoms with E-state index in [0.29, 0.717) is 5.92 Å². The molecule has 1 saturated carbocycles. The molecule has 0 aromatic rings. The molecule has 52 heavy (non-hydrogen) atoms. The van der Waals surface area contributed by atoms with Gasteiger partial charge in [0.05, 0.1) is 0 Å². The van der Waals surface area contributed by atoms with Gasteiger partial charge in [-0.15, -0.1) is 0 Å². The van der Waals surface area contributed by atoms with Gasteiger partial charge in [-0.1, -0.05) is 31.4 Å². The van der Waals surface area contributed by atoms with Crippen LogP contribution in [-0.2, 0) is 80.9 Å². The Kier molecular flexibility index (Phi) is 16.5. The zero-order chi connectivity index (χ0) is 38.5. The van der Waals surface area contributed by atoms with Crippen molar-refractivity contribution in [3.63, 3.8) is 0 Å². The fourth-order valence-corrected chi connectivity index (χ4v) is 6.52. The van der Waals surface area contributed by atoms with E-state index in [4.69, 9.17) is 47.4 Å². The largest absolute Gasteiger partial charge is 0.463 e. The van der Waals surface area contributed by atoms with E-state index in [1.54, 1.807) is 0 Å². The average molecular weight is 743 g/mol. The van der Waals surface area contributed by atoms with Crippen molar-refractivity contribution in [2.45, 2.75) is 148 Å². The topological polar surface area (TPSA) is 212 Å². The van der Waals surface area contributed by atoms with Gasteiger partial charge in [0.25, 0.3) is 0 Å². The standard InChI is InChI=1S/C35H50O17/c1-18(36)43-16-27-30(46-21(4)39)32(29(45-20(3)38)26(50-27)15-11-14-25-12-9-8-10-13-25)52-35-34(49-24(7)42)33(48-23(6)41)31(47-22(5)40)28(51-35)17-44-19(2)37/h11,14,25-35H,8-10,12-13,15-17H2,1-7H3/b14-11+/t26-,27-,28-,29-,30-,31-,32+,33-,34-,35-/m1/s1. The van der Waals surface area contributed by atoms with Crippen LogP contribution in [0.3, 0.4) is 0 Å². The molecule has 0 bridgehead atoms. The first-order valence-electron chi connectivity index (χ1n) is 17.3. The van der Waals surface area contributed by atoms with Gasteiger partial charge in [0.15, 0.2) is 36.8 Å². The molecule has 10 atom stereocenters. The molecule has 0 aromatic carbocycles. The molecule has 3 rings (SSSR count). The van der Waals surface area contributed by atoms with Crippen molar-refractivity contribution >= 4 is 41.8 Å². The molecule has 3 fully saturated rings. The predicted molar refractivity (Wildman–Crippen MR) is 174 cm³/mol. The highest BCUT2D eigenvalue weighted by molar-refractivity contribution is 5.69. The van der Waals surface area contributed by atoms with Crippen LogP contribution >= 0.6 is 0 Å². The molecule has 0 aromatic heterocycles. The van der Waals surface area contributed by atoms with Crippen LogP contribution in [0.25, 0.3) is 0 Å². The van der Waals surface area contributed by atoms with Gasteiger partial charge in [-0.3, -0.25) is 33.6 Å². The molecule has 0 N–H and O–H groups in total. The molecule has 2 aliphatic heterocycles. The SMILES string of the molecule is CC(=O)OC[C@H]1O[C@H](C/C=C/C2CCCCC2)[C@@H](OC(C)=O)[C@H](O[C@H]2O[C@H](COC(C)=O)[C@@H](OC(C)=O)[C@@H](OC(C)=O)[C@H]2OC(C)=O)[C@@H]1OC(C)=O. The minimum atomic E-state index is -1.73. The lowest BCUT2D eigenvalue weighted by Gasteiger charge is -2.49. The summed E-state index contributed by atoms with van der Waals surface area (Å²) in [5.74, 6) is -5.14. The molecule has 17 heteroatoms. The molecule has 2 saturated heterocycles. The lowest BCUT2D eigenvalue weighted by molar-refractivity contribution is -0.344. The fourth-order valence-electron chi connectivity index (χ4n) is 6.52. The quantitative estimate of drug-likeness (QED) is 0.142. The zero-order valence-electron chi connectivity index (χ0n) is 30.6. The molecular weight excluding hydrogens is 692 g/mol. The number of hydrogen-bond donors (Lipinski definition) is 0. The van der Waals surface area contributed by atoms with E-state index in [9.17, 15) is 33.6 Å². The molecule has 0 amide bonds. The molecule has 292 valence electrons. The molecule has 3 aliphatic rings. The molecule has 0 radical (unpaired) electrons. The van der Waals surface area contributed by atoms with Crippen molar-refractivity contribution in [2.24, 2.45) is 5.92 Å². The van der Waals surface area contributed by atoms with E-state index < -0.39 is 116 Å². The average Bonchev–Trinajstić information content (AvgIpc) is 3.03. The van der Waals surface area contributed by atoms with Crippen LogP contribution in [0.15, 0.2) is 12.2 Å². The van der Waals surface area contributed by atoms with Gasteiger partial charge in [-0.25, -0.2) is 0 Å². The number of rotatable bonds is 14. The first-order valence-corrected chi connectivity index (χ1v) is 17.3. The Morgan fingerprint density at radius 1 is 0.500 bits per heavy atom. The summed E-state index contributed by atoms with van der Waals surface area (Å²) >= 11 is 0. The van der Waals surface area contributed by atoms with E-state index in [0.717, 1.165) is 73.6 Å². The first-order chi connectivity index (χ1) is 24.5. The first kappa shape index (κ1) is 42.3. The summed E-state index contributed by atoms with van der Waals surface area (Å²) in [5.41, 5.74) is 0. The summed E-state index contributed by atoms with van der Waals surface area (Å²) in [6, 6.07) is 0. The van der Waals surface area contributed by atoms with E-state index in [2.05, 4.69) is 6.08 Å². The monoisotopic (exact) mass is 742 g/mol. The maximum absolute atomic E-state index is 12.6. The zero-order valence-corrected chi connectivity index (χ0v) is 30.6. The number of carbonyl (C=O) groups is 7. The Morgan fingerprint density at radius 2 is 0.923 bits per heavy atom. The van der Waals surface area contributed by atoms with Crippen molar-refractivity contribution in [3.05, 3.63) is 12.2 Å². The smallest absolute Gasteiger partial charge is 0.303 e. The molecule has 0 unspecified atom stereocenters. The maximum Gasteiger partial charge on any atom is 0.303 e. The number of esters is 7. The van der Waals surface area contributed by atoms with Gasteiger partial charge in [-0.2, -0.15) is 0 Å². The van der Waals surface area contributed by atoms with Crippen LogP contribution in [0.1, 0.15) is 87.0 Å². The van der Waals surface area contributed by atoms with Crippen molar-refractivity contribution in [1.29, 1.82) is 0 Å². The van der Waals surface area contributed by atoms with E-state index in [1.165, 1.54) is 6.92 Å². The molecule has 0 spiro atoms. The van der Waals surface area contributed by atoms with Crippen LogP contribution in [-0.4, -0.2) is 116 Å². The summed E-state index contributed by atoms with van der Waals surface area (Å²) in [6.45, 7) is 6.87. The Hall–Kier alpha value is -4.09. The summed E-state index contributed by atoms with van der Waals surface area (Å²) in [5, 5.41) is 0. The van der Waals surface area contributed by atoms with Gasteiger partial charge < -0.3 is 47.4 Å². The lowest BCUT2D eigenvalue weighted by atomic mass is 9.88. The summed E-state index contributed by atoms with van der Waals surface area (Å²) in [6.07, 6.45) is -4.51. The second-order valence-electron chi connectivity index (χ2n) is 12.9. The maximum atomic E-state index is 12.6. The van der Waals surface area contributed by atoms with Crippen LogP contribution in [0.5, 0.6) is 0 Å². The second kappa shape index (κ2) is 20.2. The second-order valence-corrected chi connectivity index (χ2v) is 12.9. The van der Waals surface area contributed by atoms with Crippen molar-refractivity contribution in [3.8, 4) is 0 Å². The third-order valence-electron chi connectivity index (χ3n) is 8.45. The summed E-state index contributed by atoms with van der Waals surface area (Å²) in [4.78, 5) is 85.8. The van der Waals surface area contributed by atoms with Gasteiger partial charge >= 0.3 is 41.8 Å². The third kappa shape index (κ3) is 13.2. The van der Waals surface area contributed by atoms with E-state index >= 15 is 0 Å². The molecule has 1 aliphatic carbocycles. The fraction of sp³-hybridized carbons (Fsp3) is 0.743. The highest BCUT2D eigenvalue weighted by Crippen LogP contribution is 2.36. The van der Waals surface area contributed by atoms with Crippen LogP contribution < -0.4 is 0 Å². The highest BCUT2D eigenvalue weighted by atomic mass is 16.8. The Morgan fingerprint density at radius 3 is 1.40 bits per heavy atom. The van der Waals surface area contributed by atoms with E-state index in [1.807, 2.05) is 6.08 Å². The number of ether oxygens (including phenoxy) is 10. The Balaban J connectivity index is 2.14. The van der Waals surface area contributed by atoms with E-state index in [-0.39, 0.29) is 6.42 Å². The number of hydrogen-bond acceptors (Lipinski definition) is 17. The van der Waals surface area contributed by atoms with Gasteiger partial charge in [0.2, 0.25) is 0 Å². The Labute approximate surface area is 302 Å². The number of allylic oxidation sites excluding steroid dienone is 1. The van der Waals surface area contributed by atoms with Crippen LogP contribution in [0.4, 0.5) is 0 Å². The van der Waals surface area contributed by atoms with Crippen LogP contribution in [0.2, 0.25) is 0 Å². The predicted octanol–water partition coefficient (Wildman–Crippen LogP) is 2.18. The van der Waals surface area contributed by atoms with Gasteiger partial charge in [0, 0.05) is 48.5 Å². The normalized spacial score (nSPS) is 30.8. The minimum Gasteiger partial charge on any atom is -0.463 e. The number of carbonyl (C=O) groups excluding carboxylic acids is 7. The van der Waals surface area contributed by atoms with Crippen molar-refractivity contribution in [1.82, 2.24) is 0 Å². The lowest BCUT2D eigenvalue weighted by Crippen LogP contribution is -2.67. The third-order valence-corrected chi connectivity index (χ3v) is 8.45. The minimum absolute atomic E-state index is 0.191. The molecular formula is C35H50O17. The van der Waals surface area contributed by atoms with Gasteiger partial charge in [0.1, 0.15) is 37.6 Å². The molecule has 17 nitrogen and oxygen atoms in total. The summed E-state index contributed by atoms with van der Waals surface area (Å²) < 4.78 is 57.3. The van der Waals surface area contributed by atoms with Gasteiger partial charge in [-0.05, 0) is 25.2 Å². The van der Waals surface area contributed by atoms with Crippen molar-refractivity contribution in [2.75, 3.05) is 13.2 Å². The highest BCUT2D eigenvalue weighted by Gasteiger charge is 2.57. The molecule has 2 heterocycles. The van der Waals surface area contributed by atoms with Crippen molar-refractivity contribution < 1.29 is 80.9 Å². The summed E-state index contributed by atoms with van der Waals surface area (Å²) in [7, 11) is 0. The van der Waals surface area contributed by atoms with Crippen LogP contribution in [0, 0.1) is 5.92 Å². The Bertz CT molecular complexity index is 1310.